The van der Waals surface area contributed by atoms with E-state index in [9.17, 15) is 0 Å². The van der Waals surface area contributed by atoms with E-state index in [1.165, 1.54) is 5.56 Å². The number of ether oxygens (including phenoxy) is 2. The van der Waals surface area contributed by atoms with Gasteiger partial charge in [0.25, 0.3) is 0 Å². The van der Waals surface area contributed by atoms with Crippen molar-refractivity contribution < 1.29 is 9.47 Å². The lowest BCUT2D eigenvalue weighted by molar-refractivity contribution is 0.171. The zero-order valence-corrected chi connectivity index (χ0v) is 17.1. The Morgan fingerprint density at radius 1 is 1.00 bits per heavy atom. The maximum atomic E-state index is 6.69. The van der Waals surface area contributed by atoms with E-state index in [4.69, 9.17) is 21.1 Å². The summed E-state index contributed by atoms with van der Waals surface area (Å²) >= 11 is 6.69. The van der Waals surface area contributed by atoms with Crippen LogP contribution in [0.4, 0.5) is 0 Å². The summed E-state index contributed by atoms with van der Waals surface area (Å²) in [6.45, 7) is 8.69. The highest BCUT2D eigenvalue weighted by Gasteiger charge is 2.16. The second-order valence-electron chi connectivity index (χ2n) is 7.14. The first-order valence-electron chi connectivity index (χ1n) is 9.44. The standard InChI is InChI=1S/C22H24ClN3O2/c1-14-4-5-15(2)19(10-14)26-22(23)18(16(3)25-26)13-24-12-17-6-7-20-21(11-17)28-9-8-27-20/h4-7,10-11,24H,8-9,12-13H2,1-3H3. The summed E-state index contributed by atoms with van der Waals surface area (Å²) in [6.07, 6.45) is 0. The number of rotatable bonds is 5. The molecule has 2 heterocycles. The van der Waals surface area contributed by atoms with Crippen LogP contribution in [0.25, 0.3) is 5.69 Å². The minimum Gasteiger partial charge on any atom is -0.486 e. The summed E-state index contributed by atoms with van der Waals surface area (Å²) in [7, 11) is 0. The Bertz CT molecular complexity index is 1010. The molecule has 1 aliphatic rings. The van der Waals surface area contributed by atoms with Crippen molar-refractivity contribution in [3.8, 4) is 17.2 Å². The van der Waals surface area contributed by atoms with E-state index in [2.05, 4.69) is 48.5 Å². The quantitative estimate of drug-likeness (QED) is 0.688. The zero-order valence-electron chi connectivity index (χ0n) is 16.4. The van der Waals surface area contributed by atoms with Crippen molar-refractivity contribution in [2.24, 2.45) is 0 Å². The van der Waals surface area contributed by atoms with Crippen molar-refractivity contribution in [3.63, 3.8) is 0 Å². The second-order valence-corrected chi connectivity index (χ2v) is 7.50. The number of hydrogen-bond acceptors (Lipinski definition) is 4. The van der Waals surface area contributed by atoms with Gasteiger partial charge in [-0.2, -0.15) is 5.10 Å². The Balaban J connectivity index is 1.48. The molecule has 1 aliphatic heterocycles. The molecule has 5 nitrogen and oxygen atoms in total. The van der Waals surface area contributed by atoms with E-state index >= 15 is 0 Å². The van der Waals surface area contributed by atoms with Crippen LogP contribution >= 0.6 is 11.6 Å². The van der Waals surface area contributed by atoms with E-state index in [-0.39, 0.29) is 0 Å². The molecule has 0 aliphatic carbocycles. The molecule has 0 atom stereocenters. The topological polar surface area (TPSA) is 48.3 Å². The Hall–Kier alpha value is -2.50. The minimum absolute atomic E-state index is 0.593. The first-order valence-corrected chi connectivity index (χ1v) is 9.81. The summed E-state index contributed by atoms with van der Waals surface area (Å²) in [4.78, 5) is 0. The van der Waals surface area contributed by atoms with Crippen LogP contribution in [0.2, 0.25) is 5.15 Å². The monoisotopic (exact) mass is 397 g/mol. The van der Waals surface area contributed by atoms with Gasteiger partial charge in [0.15, 0.2) is 11.5 Å². The Kier molecular flexibility index (Phi) is 5.29. The van der Waals surface area contributed by atoms with Crippen molar-refractivity contribution >= 4 is 11.6 Å². The molecule has 0 fully saturated rings. The van der Waals surface area contributed by atoms with Crippen LogP contribution in [0.5, 0.6) is 11.5 Å². The van der Waals surface area contributed by atoms with Crippen LogP contribution in [-0.2, 0) is 13.1 Å². The lowest BCUT2D eigenvalue weighted by Gasteiger charge is -2.19. The molecular weight excluding hydrogens is 374 g/mol. The molecule has 1 N–H and O–H groups in total. The maximum absolute atomic E-state index is 6.69. The molecule has 2 aromatic carbocycles. The number of fused-ring (bicyclic) bond motifs is 1. The average molecular weight is 398 g/mol. The number of nitrogens with one attached hydrogen (secondary N) is 1. The fourth-order valence-electron chi connectivity index (χ4n) is 3.37. The highest BCUT2D eigenvalue weighted by Crippen LogP contribution is 2.31. The third kappa shape index (κ3) is 3.73. The molecule has 0 saturated heterocycles. The fourth-order valence-corrected chi connectivity index (χ4v) is 3.70. The molecule has 0 amide bonds. The molecule has 0 radical (unpaired) electrons. The summed E-state index contributed by atoms with van der Waals surface area (Å²) in [5.41, 5.74) is 6.43. The fraction of sp³-hybridized carbons (Fsp3) is 0.318. The van der Waals surface area contributed by atoms with Gasteiger partial charge in [-0.15, -0.1) is 0 Å². The largest absolute Gasteiger partial charge is 0.486 e. The van der Waals surface area contributed by atoms with Gasteiger partial charge in [0.05, 0.1) is 11.4 Å². The number of aryl methyl sites for hydroxylation is 3. The number of benzene rings is 2. The highest BCUT2D eigenvalue weighted by atomic mass is 35.5. The maximum Gasteiger partial charge on any atom is 0.161 e. The zero-order chi connectivity index (χ0) is 19.7. The molecule has 0 saturated carbocycles. The van der Waals surface area contributed by atoms with Crippen LogP contribution < -0.4 is 14.8 Å². The Morgan fingerprint density at radius 2 is 1.79 bits per heavy atom. The Labute approximate surface area is 170 Å². The first-order chi connectivity index (χ1) is 13.5. The van der Waals surface area contributed by atoms with Crippen LogP contribution in [0.1, 0.15) is 27.9 Å². The van der Waals surface area contributed by atoms with Gasteiger partial charge in [-0.05, 0) is 55.7 Å². The normalized spacial score (nSPS) is 13.0. The van der Waals surface area contributed by atoms with Crippen molar-refractivity contribution in [3.05, 3.63) is 69.5 Å². The minimum atomic E-state index is 0.593. The molecule has 0 bridgehead atoms. The lowest BCUT2D eigenvalue weighted by atomic mass is 10.1. The predicted molar refractivity (Wildman–Crippen MR) is 111 cm³/mol. The second kappa shape index (κ2) is 7.86. The van der Waals surface area contributed by atoms with E-state index in [1.54, 1.807) is 0 Å². The van der Waals surface area contributed by atoms with Gasteiger partial charge in [-0.3, -0.25) is 0 Å². The van der Waals surface area contributed by atoms with Gasteiger partial charge in [0.2, 0.25) is 0 Å². The SMILES string of the molecule is Cc1ccc(C)c(-n2nc(C)c(CNCc3ccc4c(c3)OCCO4)c2Cl)c1. The molecule has 0 unspecified atom stereocenters. The summed E-state index contributed by atoms with van der Waals surface area (Å²) in [6, 6.07) is 12.3. The summed E-state index contributed by atoms with van der Waals surface area (Å²) in [5, 5.41) is 8.79. The molecule has 6 heteroatoms. The predicted octanol–water partition coefficient (Wildman–Crippen LogP) is 4.51. The van der Waals surface area contributed by atoms with Crippen molar-refractivity contribution in [2.45, 2.75) is 33.9 Å². The van der Waals surface area contributed by atoms with Crippen molar-refractivity contribution in [2.75, 3.05) is 13.2 Å². The van der Waals surface area contributed by atoms with Crippen molar-refractivity contribution in [1.82, 2.24) is 15.1 Å². The Morgan fingerprint density at radius 3 is 2.61 bits per heavy atom. The van der Waals surface area contributed by atoms with E-state index in [0.717, 1.165) is 39.6 Å². The average Bonchev–Trinajstić information content (AvgIpc) is 2.98. The van der Waals surface area contributed by atoms with Crippen molar-refractivity contribution in [1.29, 1.82) is 0 Å². The lowest BCUT2D eigenvalue weighted by Crippen LogP contribution is -2.17. The molecule has 146 valence electrons. The van der Waals surface area contributed by atoms with E-state index in [0.29, 0.717) is 31.5 Å². The third-order valence-electron chi connectivity index (χ3n) is 4.95. The van der Waals surface area contributed by atoms with Gasteiger partial charge < -0.3 is 14.8 Å². The van der Waals surface area contributed by atoms with Gasteiger partial charge >= 0.3 is 0 Å². The first kappa shape index (κ1) is 18.8. The number of aromatic nitrogens is 2. The number of nitrogens with zero attached hydrogens (tertiary/aromatic N) is 2. The summed E-state index contributed by atoms with van der Waals surface area (Å²) < 4.78 is 13.1. The third-order valence-corrected chi connectivity index (χ3v) is 5.34. The van der Waals surface area contributed by atoms with Crippen LogP contribution in [0.15, 0.2) is 36.4 Å². The van der Waals surface area contributed by atoms with Gasteiger partial charge in [-0.25, -0.2) is 4.68 Å². The smallest absolute Gasteiger partial charge is 0.161 e. The van der Waals surface area contributed by atoms with Gasteiger partial charge in [0, 0.05) is 18.7 Å². The molecule has 4 rings (SSSR count). The molecule has 28 heavy (non-hydrogen) atoms. The van der Waals surface area contributed by atoms with E-state index in [1.807, 2.05) is 23.7 Å². The number of halogens is 1. The van der Waals surface area contributed by atoms with Gasteiger partial charge in [0.1, 0.15) is 18.4 Å². The highest BCUT2D eigenvalue weighted by molar-refractivity contribution is 6.30. The van der Waals surface area contributed by atoms with Crippen LogP contribution in [0, 0.1) is 20.8 Å². The number of hydrogen-bond donors (Lipinski definition) is 1. The molecular formula is C22H24ClN3O2. The summed E-state index contributed by atoms with van der Waals surface area (Å²) in [5.74, 6) is 1.62. The van der Waals surface area contributed by atoms with E-state index < -0.39 is 0 Å². The molecule has 0 spiro atoms. The van der Waals surface area contributed by atoms with Crippen LogP contribution in [0.3, 0.4) is 0 Å². The van der Waals surface area contributed by atoms with Gasteiger partial charge in [-0.1, -0.05) is 29.8 Å². The van der Waals surface area contributed by atoms with Crippen LogP contribution in [-0.4, -0.2) is 23.0 Å². The molecule has 1 aromatic heterocycles. The molecule has 3 aromatic rings.